The number of hydrogen-bond donors (Lipinski definition) is 5. The number of nitriles is 1. The monoisotopic (exact) mass is 637 g/mol. The molecule has 4 aromatic rings. The van der Waals surface area contributed by atoms with Crippen molar-refractivity contribution in [3.8, 4) is 6.07 Å². The molecular weight excluding hydrogens is 602 g/mol. The number of nitrogens with one attached hydrogen (secondary N) is 4. The lowest BCUT2D eigenvalue weighted by Crippen LogP contribution is -2.54. The molecule has 6 N–H and O–H groups in total. The van der Waals surface area contributed by atoms with E-state index in [-0.39, 0.29) is 31.0 Å². The number of hydrogen-bond acceptors (Lipinski definition) is 7. The summed E-state index contributed by atoms with van der Waals surface area (Å²) < 4.78 is 29.0. The molecule has 2 unspecified atom stereocenters. The minimum absolute atomic E-state index is 0.0451. The summed E-state index contributed by atoms with van der Waals surface area (Å²) in [7, 11) is -3.99. The fraction of sp³-hybridized carbons (Fsp3) is 0.206. The summed E-state index contributed by atoms with van der Waals surface area (Å²) in [6.45, 7) is 0.159. The largest absolute Gasteiger partial charge is 0.384 e. The fourth-order valence-electron chi connectivity index (χ4n) is 4.76. The Balaban J connectivity index is 1.54. The molecule has 0 spiro atoms. The number of amides is 2. The van der Waals surface area contributed by atoms with Crippen LogP contribution >= 0.6 is 0 Å². The van der Waals surface area contributed by atoms with Gasteiger partial charge >= 0.3 is 0 Å². The molecule has 3 aromatic carbocycles. The Morgan fingerprint density at radius 2 is 1.54 bits per heavy atom. The van der Waals surface area contributed by atoms with Gasteiger partial charge in [-0.25, -0.2) is 13.1 Å². The first-order valence-electron chi connectivity index (χ1n) is 14.5. The van der Waals surface area contributed by atoms with Gasteiger partial charge in [-0.15, -0.1) is 0 Å². The van der Waals surface area contributed by atoms with E-state index >= 15 is 0 Å². The Bertz CT molecular complexity index is 1790. The first-order valence-corrected chi connectivity index (χ1v) is 16.2. The molecule has 0 aliphatic carbocycles. The van der Waals surface area contributed by atoms with E-state index in [1.54, 1.807) is 91.3 Å². The number of carbonyl (C=O) groups excluding carboxylic acids is 2. The number of rotatable bonds is 15. The molecule has 0 radical (unpaired) electrons. The summed E-state index contributed by atoms with van der Waals surface area (Å²) in [5.74, 6) is -1.54. The molecule has 0 saturated heterocycles. The Morgan fingerprint density at radius 1 is 0.848 bits per heavy atom. The van der Waals surface area contributed by atoms with Crippen molar-refractivity contribution in [2.24, 2.45) is 5.73 Å². The molecule has 1 heterocycles. The first kappa shape index (κ1) is 33.5. The lowest BCUT2D eigenvalue weighted by Gasteiger charge is -2.23. The van der Waals surface area contributed by atoms with Crippen LogP contribution in [0.5, 0.6) is 0 Å². The van der Waals surface area contributed by atoms with E-state index in [0.29, 0.717) is 28.7 Å². The van der Waals surface area contributed by atoms with Crippen molar-refractivity contribution in [1.29, 1.82) is 10.7 Å². The molecule has 11 nitrogen and oxygen atoms in total. The van der Waals surface area contributed by atoms with Crippen molar-refractivity contribution >= 4 is 27.7 Å². The van der Waals surface area contributed by atoms with Gasteiger partial charge in [0, 0.05) is 24.5 Å². The van der Waals surface area contributed by atoms with E-state index in [1.165, 1.54) is 0 Å². The number of nitrogen functional groups attached to an aromatic ring is 1. The number of nitrogens with zero attached hydrogens (tertiary/aromatic N) is 2. The Morgan fingerprint density at radius 3 is 2.22 bits per heavy atom. The van der Waals surface area contributed by atoms with Gasteiger partial charge in [0.2, 0.25) is 21.8 Å². The fourth-order valence-corrected chi connectivity index (χ4v) is 6.10. The van der Waals surface area contributed by atoms with Crippen LogP contribution in [-0.4, -0.2) is 43.1 Å². The van der Waals surface area contributed by atoms with Gasteiger partial charge in [-0.2, -0.15) is 5.26 Å². The van der Waals surface area contributed by atoms with Crippen molar-refractivity contribution in [3.05, 3.63) is 137 Å². The van der Waals surface area contributed by atoms with Gasteiger partial charge in [0.05, 0.1) is 17.4 Å². The number of benzene rings is 3. The van der Waals surface area contributed by atoms with E-state index in [9.17, 15) is 23.3 Å². The highest BCUT2D eigenvalue weighted by molar-refractivity contribution is 7.88. The van der Waals surface area contributed by atoms with Crippen LogP contribution < -0.4 is 21.1 Å². The molecule has 4 rings (SSSR count). The van der Waals surface area contributed by atoms with Crippen molar-refractivity contribution in [3.63, 3.8) is 0 Å². The number of aromatic nitrogens is 1. The highest BCUT2D eigenvalue weighted by atomic mass is 32.2. The zero-order valence-corrected chi connectivity index (χ0v) is 25.8. The maximum atomic E-state index is 13.8. The van der Waals surface area contributed by atoms with Crippen molar-refractivity contribution in [2.75, 3.05) is 0 Å². The normalized spacial score (nSPS) is 12.3. The first-order chi connectivity index (χ1) is 22.1. The van der Waals surface area contributed by atoms with Crippen LogP contribution in [0.4, 0.5) is 0 Å². The van der Waals surface area contributed by atoms with E-state index in [0.717, 1.165) is 11.1 Å². The lowest BCUT2D eigenvalue weighted by atomic mass is 10.0. The maximum Gasteiger partial charge on any atom is 0.242 e. The van der Waals surface area contributed by atoms with Crippen LogP contribution in [0.15, 0.2) is 103 Å². The summed E-state index contributed by atoms with van der Waals surface area (Å²) in [6, 6.07) is 25.4. The van der Waals surface area contributed by atoms with Gasteiger partial charge in [-0.1, -0.05) is 66.7 Å². The number of aryl methyl sites for hydroxylation is 1. The molecular formula is C34H35N7O4S. The number of pyridine rings is 1. The SMILES string of the molecule is N#Cc1cccc(CC(NS(=O)(=O)Cc2ccccc2)C(=O)NC(CCc2ccncc2)C(=O)NCc2ccc(C(=N)N)cc2)c1. The Labute approximate surface area is 268 Å². The van der Waals surface area contributed by atoms with Crippen LogP contribution in [0.2, 0.25) is 0 Å². The zero-order chi connectivity index (χ0) is 32.9. The molecule has 0 bridgehead atoms. The Hall–Kier alpha value is -5.38. The predicted octanol–water partition coefficient (Wildman–Crippen LogP) is 2.70. The van der Waals surface area contributed by atoms with E-state index in [4.69, 9.17) is 11.1 Å². The predicted molar refractivity (Wildman–Crippen MR) is 175 cm³/mol. The quantitative estimate of drug-likeness (QED) is 0.0977. The summed E-state index contributed by atoms with van der Waals surface area (Å²) in [5.41, 5.74) is 9.26. The van der Waals surface area contributed by atoms with Crippen LogP contribution in [-0.2, 0) is 44.8 Å². The van der Waals surface area contributed by atoms with Crippen LogP contribution in [0, 0.1) is 16.7 Å². The minimum atomic E-state index is -3.99. The highest BCUT2D eigenvalue weighted by Crippen LogP contribution is 2.12. The number of amidine groups is 1. The number of sulfonamides is 1. The van der Waals surface area contributed by atoms with Crippen LogP contribution in [0.25, 0.3) is 0 Å². The topological polar surface area (TPSA) is 191 Å². The van der Waals surface area contributed by atoms with Gasteiger partial charge in [0.25, 0.3) is 0 Å². The zero-order valence-electron chi connectivity index (χ0n) is 25.0. The molecule has 12 heteroatoms. The van der Waals surface area contributed by atoms with Crippen LogP contribution in [0.3, 0.4) is 0 Å². The third-order valence-corrected chi connectivity index (χ3v) is 8.53. The molecule has 236 valence electrons. The third kappa shape index (κ3) is 10.4. The number of nitrogens with two attached hydrogens (primary N) is 1. The summed E-state index contributed by atoms with van der Waals surface area (Å²) in [5, 5.41) is 22.5. The van der Waals surface area contributed by atoms with Crippen LogP contribution in [0.1, 0.15) is 39.8 Å². The second-order valence-electron chi connectivity index (χ2n) is 10.7. The third-order valence-electron chi connectivity index (χ3n) is 7.17. The molecule has 46 heavy (non-hydrogen) atoms. The van der Waals surface area contributed by atoms with Gasteiger partial charge in [-0.05, 0) is 65.8 Å². The summed E-state index contributed by atoms with van der Waals surface area (Å²) >= 11 is 0. The van der Waals surface area contributed by atoms with Gasteiger partial charge in [0.1, 0.15) is 17.9 Å². The second-order valence-corrected chi connectivity index (χ2v) is 12.5. The smallest absolute Gasteiger partial charge is 0.242 e. The standard InChI is InChI=1S/C34H35N7O4S/c35-21-28-8-4-7-27(19-28)20-31(41-46(44,45)23-26-5-2-1-3-6-26)34(43)40-30(14-11-24-15-17-38-18-16-24)33(42)39-22-25-9-12-29(13-10-25)32(36)37/h1-10,12-13,15-19,30-31,41H,11,14,20,22-23H2,(H3,36,37)(H,39,42)(H,40,43). The maximum absolute atomic E-state index is 13.8. The molecule has 0 saturated carbocycles. The average molecular weight is 638 g/mol. The molecule has 0 fully saturated rings. The van der Waals surface area contributed by atoms with Crippen molar-refractivity contribution in [1.82, 2.24) is 20.3 Å². The molecule has 1 aromatic heterocycles. The molecule has 0 aliphatic rings. The van der Waals surface area contributed by atoms with E-state index < -0.39 is 33.9 Å². The van der Waals surface area contributed by atoms with E-state index in [1.807, 2.05) is 12.1 Å². The van der Waals surface area contributed by atoms with Crippen molar-refractivity contribution < 1.29 is 18.0 Å². The number of carbonyl (C=O) groups is 2. The van der Waals surface area contributed by atoms with Gasteiger partial charge in [0.15, 0.2) is 0 Å². The average Bonchev–Trinajstić information content (AvgIpc) is 3.06. The Kier molecular flexibility index (Phi) is 11.7. The molecule has 2 amide bonds. The second kappa shape index (κ2) is 16.1. The lowest BCUT2D eigenvalue weighted by molar-refractivity contribution is -0.130. The molecule has 0 aliphatic heterocycles. The van der Waals surface area contributed by atoms with Crippen molar-refractivity contribution in [2.45, 2.75) is 43.6 Å². The summed E-state index contributed by atoms with van der Waals surface area (Å²) in [4.78, 5) is 31.3. The van der Waals surface area contributed by atoms with Gasteiger partial charge < -0.3 is 16.4 Å². The molecule has 2 atom stereocenters. The summed E-state index contributed by atoms with van der Waals surface area (Å²) in [6.07, 6.45) is 3.92. The highest BCUT2D eigenvalue weighted by Gasteiger charge is 2.29. The minimum Gasteiger partial charge on any atom is -0.384 e. The van der Waals surface area contributed by atoms with Gasteiger partial charge in [-0.3, -0.25) is 20.0 Å². The van der Waals surface area contributed by atoms with E-state index in [2.05, 4.69) is 26.4 Å².